The Balaban J connectivity index is 1.97. The Bertz CT molecular complexity index is 770. The summed E-state index contributed by atoms with van der Waals surface area (Å²) in [6.45, 7) is 4.93. The molecule has 2 amide bonds. The molecule has 1 fully saturated rings. The predicted molar refractivity (Wildman–Crippen MR) is 111 cm³/mol. The summed E-state index contributed by atoms with van der Waals surface area (Å²) in [6, 6.07) is 11.8. The van der Waals surface area contributed by atoms with Crippen LogP contribution >= 0.6 is 11.3 Å². The lowest BCUT2D eigenvalue weighted by molar-refractivity contribution is -0.137. The van der Waals surface area contributed by atoms with E-state index >= 15 is 0 Å². The average Bonchev–Trinajstić information content (AvgIpc) is 3.20. The molecule has 1 aliphatic heterocycles. The Morgan fingerprint density at radius 3 is 2.63 bits per heavy atom. The lowest BCUT2D eigenvalue weighted by Gasteiger charge is -2.41. The van der Waals surface area contributed by atoms with Crippen LogP contribution in [0.3, 0.4) is 0 Å². The molecule has 0 spiro atoms. The number of amides is 2. The highest BCUT2D eigenvalue weighted by atomic mass is 32.1. The molecule has 1 aliphatic rings. The van der Waals surface area contributed by atoms with Crippen molar-refractivity contribution in [2.75, 3.05) is 18.5 Å². The Hall–Kier alpha value is -2.14. The zero-order valence-electron chi connectivity index (χ0n) is 16.4. The minimum Gasteiger partial charge on any atom is -0.345 e. The third-order valence-corrected chi connectivity index (χ3v) is 6.23. The van der Waals surface area contributed by atoms with Gasteiger partial charge in [0.2, 0.25) is 11.8 Å². The van der Waals surface area contributed by atoms with Gasteiger partial charge in [-0.1, -0.05) is 37.1 Å². The van der Waals surface area contributed by atoms with Crippen molar-refractivity contribution in [3.63, 3.8) is 0 Å². The van der Waals surface area contributed by atoms with Gasteiger partial charge in [0.25, 0.3) is 0 Å². The van der Waals surface area contributed by atoms with Gasteiger partial charge in [-0.05, 0) is 43.3 Å². The van der Waals surface area contributed by atoms with E-state index < -0.39 is 0 Å². The number of unbranched alkanes of at least 4 members (excludes halogenated alkanes) is 1. The van der Waals surface area contributed by atoms with E-state index in [2.05, 4.69) is 6.92 Å². The number of aryl methyl sites for hydroxylation is 1. The molecule has 0 bridgehead atoms. The summed E-state index contributed by atoms with van der Waals surface area (Å²) in [7, 11) is 1.89. The quantitative estimate of drug-likeness (QED) is 0.718. The maximum absolute atomic E-state index is 13.2. The average molecular weight is 385 g/mol. The summed E-state index contributed by atoms with van der Waals surface area (Å²) in [5.41, 5.74) is 2.03. The van der Waals surface area contributed by atoms with Crippen molar-refractivity contribution in [1.29, 1.82) is 0 Å². The fraction of sp³-hybridized carbons (Fsp3) is 0.455. The van der Waals surface area contributed by atoms with Crippen molar-refractivity contribution in [3.05, 3.63) is 52.2 Å². The molecular formula is C22H28N2O2S. The minimum atomic E-state index is -0.231. The number of anilines is 1. The molecule has 4 nitrogen and oxygen atoms in total. The second kappa shape index (κ2) is 8.70. The van der Waals surface area contributed by atoms with Gasteiger partial charge in [-0.3, -0.25) is 9.59 Å². The van der Waals surface area contributed by atoms with E-state index in [0.717, 1.165) is 35.5 Å². The molecule has 2 atom stereocenters. The van der Waals surface area contributed by atoms with Crippen LogP contribution in [0.4, 0.5) is 5.69 Å². The first-order valence-corrected chi connectivity index (χ1v) is 10.6. The highest BCUT2D eigenvalue weighted by molar-refractivity contribution is 7.10. The molecule has 0 N–H and O–H groups in total. The van der Waals surface area contributed by atoms with Crippen molar-refractivity contribution >= 4 is 28.8 Å². The number of thiophene rings is 1. The first kappa shape index (κ1) is 19.6. The normalized spacial score (nSPS) is 20.0. The Labute approximate surface area is 165 Å². The van der Waals surface area contributed by atoms with Crippen LogP contribution in [-0.4, -0.2) is 30.3 Å². The lowest BCUT2D eigenvalue weighted by Crippen LogP contribution is -2.48. The molecule has 1 aromatic heterocycles. The largest absolute Gasteiger partial charge is 0.345 e. The highest BCUT2D eigenvalue weighted by Gasteiger charge is 2.42. The molecule has 1 saturated heterocycles. The number of piperidine rings is 1. The maximum atomic E-state index is 13.2. The second-order valence-corrected chi connectivity index (χ2v) is 8.30. The minimum absolute atomic E-state index is 0.0949. The number of rotatable bonds is 6. The van der Waals surface area contributed by atoms with E-state index in [1.165, 1.54) is 0 Å². The zero-order chi connectivity index (χ0) is 19.4. The van der Waals surface area contributed by atoms with Gasteiger partial charge in [-0.15, -0.1) is 11.3 Å². The molecule has 2 unspecified atom stereocenters. The van der Waals surface area contributed by atoms with Crippen molar-refractivity contribution in [1.82, 2.24) is 4.90 Å². The second-order valence-electron chi connectivity index (χ2n) is 7.32. The third kappa shape index (κ3) is 4.24. The molecule has 5 heteroatoms. The van der Waals surface area contributed by atoms with E-state index in [9.17, 15) is 9.59 Å². The van der Waals surface area contributed by atoms with E-state index in [-0.39, 0.29) is 23.8 Å². The first-order chi connectivity index (χ1) is 13.0. The summed E-state index contributed by atoms with van der Waals surface area (Å²) >= 11 is 1.62. The molecule has 3 rings (SSSR count). The Morgan fingerprint density at radius 2 is 2.00 bits per heavy atom. The van der Waals surface area contributed by atoms with E-state index in [1.807, 2.05) is 65.5 Å². The van der Waals surface area contributed by atoms with E-state index in [4.69, 9.17) is 0 Å². The fourth-order valence-electron chi connectivity index (χ4n) is 3.73. The Kier molecular flexibility index (Phi) is 6.32. The molecule has 0 saturated carbocycles. The van der Waals surface area contributed by atoms with Crippen LogP contribution in [0.2, 0.25) is 0 Å². The van der Waals surface area contributed by atoms with E-state index in [1.54, 1.807) is 11.3 Å². The summed E-state index contributed by atoms with van der Waals surface area (Å²) in [6.07, 6.45) is 3.08. The monoisotopic (exact) mass is 384 g/mol. The molecule has 2 heterocycles. The third-order valence-electron chi connectivity index (χ3n) is 5.28. The molecule has 0 aliphatic carbocycles. The van der Waals surface area contributed by atoms with Crippen LogP contribution in [0.5, 0.6) is 0 Å². The lowest BCUT2D eigenvalue weighted by atomic mass is 9.86. The standard InChI is InChI=1S/C22H28N2O2S/c1-4-5-14-23(3)22(26)18-12-13-20(25)24(17-10-8-16(2)9-11-17)21(18)19-7-6-15-27-19/h6-11,15,18,21H,4-5,12-14H2,1-3H3. The van der Waals surface area contributed by atoms with Crippen molar-refractivity contribution < 1.29 is 9.59 Å². The SMILES string of the molecule is CCCCN(C)C(=O)C1CCC(=O)N(c2ccc(C)cc2)C1c1cccs1. The van der Waals surface area contributed by atoms with Gasteiger partial charge >= 0.3 is 0 Å². The van der Waals surface area contributed by atoms with E-state index in [0.29, 0.717) is 12.8 Å². The topological polar surface area (TPSA) is 40.6 Å². The molecule has 0 radical (unpaired) electrons. The van der Waals surface area contributed by atoms with Crippen LogP contribution in [-0.2, 0) is 9.59 Å². The Morgan fingerprint density at radius 1 is 1.26 bits per heavy atom. The molecule has 1 aromatic carbocycles. The van der Waals surface area contributed by atoms with Gasteiger partial charge in [0.05, 0.1) is 12.0 Å². The summed E-state index contributed by atoms with van der Waals surface area (Å²) < 4.78 is 0. The van der Waals surface area contributed by atoms with Crippen LogP contribution < -0.4 is 4.90 Å². The van der Waals surface area contributed by atoms with Gasteiger partial charge in [-0.2, -0.15) is 0 Å². The fourth-order valence-corrected chi connectivity index (χ4v) is 4.62. The molecular weight excluding hydrogens is 356 g/mol. The zero-order valence-corrected chi connectivity index (χ0v) is 17.2. The molecule has 27 heavy (non-hydrogen) atoms. The highest BCUT2D eigenvalue weighted by Crippen LogP contribution is 2.42. The van der Waals surface area contributed by atoms with Crippen molar-refractivity contribution in [3.8, 4) is 0 Å². The van der Waals surface area contributed by atoms with Gasteiger partial charge < -0.3 is 9.80 Å². The first-order valence-electron chi connectivity index (χ1n) is 9.70. The number of hydrogen-bond acceptors (Lipinski definition) is 3. The number of carbonyl (C=O) groups is 2. The van der Waals surface area contributed by atoms with Crippen LogP contribution in [0.1, 0.15) is 49.1 Å². The van der Waals surface area contributed by atoms with Crippen molar-refractivity contribution in [2.24, 2.45) is 5.92 Å². The van der Waals surface area contributed by atoms with Gasteiger partial charge in [0, 0.05) is 30.6 Å². The van der Waals surface area contributed by atoms with Crippen LogP contribution in [0.25, 0.3) is 0 Å². The molecule has 144 valence electrons. The number of carbonyl (C=O) groups excluding carboxylic acids is 2. The van der Waals surface area contributed by atoms with Crippen LogP contribution in [0.15, 0.2) is 41.8 Å². The molecule has 2 aromatic rings. The summed E-state index contributed by atoms with van der Waals surface area (Å²) in [5.74, 6) is 0.0356. The summed E-state index contributed by atoms with van der Waals surface area (Å²) in [4.78, 5) is 30.9. The smallest absolute Gasteiger partial charge is 0.227 e. The van der Waals surface area contributed by atoms with Gasteiger partial charge in [-0.25, -0.2) is 0 Å². The van der Waals surface area contributed by atoms with Gasteiger partial charge in [0.15, 0.2) is 0 Å². The summed E-state index contributed by atoms with van der Waals surface area (Å²) in [5, 5.41) is 2.02. The maximum Gasteiger partial charge on any atom is 0.227 e. The predicted octanol–water partition coefficient (Wildman–Crippen LogP) is 4.80. The van der Waals surface area contributed by atoms with Gasteiger partial charge in [0.1, 0.15) is 0 Å². The number of nitrogens with zero attached hydrogens (tertiary/aromatic N) is 2. The van der Waals surface area contributed by atoms with Crippen molar-refractivity contribution in [2.45, 2.75) is 45.6 Å². The number of benzene rings is 1. The number of hydrogen-bond donors (Lipinski definition) is 0. The van der Waals surface area contributed by atoms with Crippen LogP contribution in [0, 0.1) is 12.8 Å².